The normalized spacial score (nSPS) is 12.9. The number of hydrogen-bond acceptors (Lipinski definition) is 3. The first-order valence-electron chi connectivity index (χ1n) is 5.97. The van der Waals surface area contributed by atoms with Gasteiger partial charge in [-0.05, 0) is 38.8 Å². The van der Waals surface area contributed by atoms with Crippen LogP contribution < -0.4 is 5.32 Å². The van der Waals surface area contributed by atoms with Gasteiger partial charge in [0.1, 0.15) is 0 Å². The molecule has 1 N–H and O–H groups in total. The Morgan fingerprint density at radius 2 is 2.38 bits per heavy atom. The van der Waals surface area contributed by atoms with Gasteiger partial charge >= 0.3 is 0 Å². The molecule has 16 heavy (non-hydrogen) atoms. The van der Waals surface area contributed by atoms with Crippen molar-refractivity contribution >= 4 is 0 Å². The zero-order valence-electron chi connectivity index (χ0n) is 10.6. The summed E-state index contributed by atoms with van der Waals surface area (Å²) in [6.45, 7) is 3.88. The summed E-state index contributed by atoms with van der Waals surface area (Å²) in [4.78, 5) is 0. The highest BCUT2D eigenvalue weighted by Gasteiger charge is 2.08. The van der Waals surface area contributed by atoms with Crippen molar-refractivity contribution in [1.29, 1.82) is 0 Å². The van der Waals surface area contributed by atoms with Crippen molar-refractivity contribution in [2.24, 2.45) is 0 Å². The van der Waals surface area contributed by atoms with Gasteiger partial charge in [0.15, 0.2) is 0 Å². The highest BCUT2D eigenvalue weighted by molar-refractivity contribution is 5.06. The highest BCUT2D eigenvalue weighted by Crippen LogP contribution is 2.07. The Morgan fingerprint density at radius 1 is 1.56 bits per heavy atom. The maximum atomic E-state index is 5.06. The van der Waals surface area contributed by atoms with Gasteiger partial charge in [0, 0.05) is 32.5 Å². The first kappa shape index (κ1) is 13.2. The fourth-order valence-corrected chi connectivity index (χ4v) is 1.79. The van der Waals surface area contributed by atoms with Crippen LogP contribution in [0.2, 0.25) is 0 Å². The average molecular weight is 225 g/mol. The fourth-order valence-electron chi connectivity index (χ4n) is 1.79. The van der Waals surface area contributed by atoms with Crippen LogP contribution in [0.4, 0.5) is 0 Å². The Balaban J connectivity index is 2.36. The van der Waals surface area contributed by atoms with Crippen molar-refractivity contribution in [3.8, 4) is 0 Å². The number of nitrogens with zero attached hydrogens (tertiary/aromatic N) is 2. The van der Waals surface area contributed by atoms with Crippen LogP contribution in [0.3, 0.4) is 0 Å². The van der Waals surface area contributed by atoms with Gasteiger partial charge in [0.2, 0.25) is 0 Å². The zero-order valence-corrected chi connectivity index (χ0v) is 10.6. The van der Waals surface area contributed by atoms with Crippen LogP contribution >= 0.6 is 0 Å². The number of hydrogen-bond donors (Lipinski definition) is 1. The first-order chi connectivity index (χ1) is 7.80. The minimum Gasteiger partial charge on any atom is -0.385 e. The van der Waals surface area contributed by atoms with Gasteiger partial charge < -0.3 is 10.1 Å². The van der Waals surface area contributed by atoms with Crippen molar-refractivity contribution in [2.75, 3.05) is 20.8 Å². The Morgan fingerprint density at radius 3 is 2.94 bits per heavy atom. The van der Waals surface area contributed by atoms with Gasteiger partial charge in [-0.1, -0.05) is 0 Å². The summed E-state index contributed by atoms with van der Waals surface area (Å²) in [6.07, 6.45) is 7.37. The van der Waals surface area contributed by atoms with Crippen molar-refractivity contribution in [1.82, 2.24) is 15.1 Å². The lowest BCUT2D eigenvalue weighted by atomic mass is 10.0. The number of nitrogens with one attached hydrogen (secondary N) is 1. The van der Waals surface area contributed by atoms with E-state index < -0.39 is 0 Å². The third kappa shape index (κ3) is 4.33. The number of ether oxygens (including phenoxy) is 1. The monoisotopic (exact) mass is 225 g/mol. The number of aryl methyl sites for hydroxylation is 1. The summed E-state index contributed by atoms with van der Waals surface area (Å²) < 4.78 is 7.03. The molecule has 0 saturated heterocycles. The summed E-state index contributed by atoms with van der Waals surface area (Å²) >= 11 is 0. The van der Waals surface area contributed by atoms with Crippen LogP contribution in [0, 0.1) is 0 Å². The molecule has 92 valence electrons. The highest BCUT2D eigenvalue weighted by atomic mass is 16.5. The SMILES string of the molecule is CCn1cc(CC(CCCOC)NC)cn1. The maximum absolute atomic E-state index is 5.06. The van der Waals surface area contributed by atoms with E-state index in [-0.39, 0.29) is 0 Å². The molecule has 0 amide bonds. The van der Waals surface area contributed by atoms with Crippen LogP contribution in [0.1, 0.15) is 25.3 Å². The third-order valence-electron chi connectivity index (χ3n) is 2.80. The summed E-state index contributed by atoms with van der Waals surface area (Å²) in [7, 11) is 3.77. The second-order valence-corrected chi connectivity index (χ2v) is 4.03. The number of rotatable bonds is 8. The molecule has 0 aliphatic heterocycles. The van der Waals surface area contributed by atoms with Gasteiger partial charge in [0.05, 0.1) is 6.20 Å². The van der Waals surface area contributed by atoms with E-state index in [4.69, 9.17) is 4.74 Å². The standard InChI is InChI=1S/C12H23N3O/c1-4-15-10-11(9-14-15)8-12(13-2)6-5-7-16-3/h9-10,12-13H,4-8H2,1-3H3. The van der Waals surface area contributed by atoms with Gasteiger partial charge in [-0.3, -0.25) is 4.68 Å². The van der Waals surface area contributed by atoms with Crippen molar-refractivity contribution < 1.29 is 4.74 Å². The van der Waals surface area contributed by atoms with E-state index >= 15 is 0 Å². The fraction of sp³-hybridized carbons (Fsp3) is 0.750. The summed E-state index contributed by atoms with van der Waals surface area (Å²) in [5.41, 5.74) is 1.30. The van der Waals surface area contributed by atoms with E-state index in [1.54, 1.807) is 7.11 Å². The Kier molecular flexibility index (Phi) is 6.11. The van der Waals surface area contributed by atoms with Crippen LogP contribution in [0.15, 0.2) is 12.4 Å². The first-order valence-corrected chi connectivity index (χ1v) is 5.97. The molecule has 1 atom stereocenters. The number of likely N-dealkylation sites (N-methyl/N-ethyl adjacent to an activating group) is 1. The average Bonchev–Trinajstić information content (AvgIpc) is 2.75. The summed E-state index contributed by atoms with van der Waals surface area (Å²) in [6, 6.07) is 0.518. The molecule has 0 fully saturated rings. The van der Waals surface area contributed by atoms with Crippen LogP contribution in [0.25, 0.3) is 0 Å². The molecule has 0 spiro atoms. The predicted molar refractivity (Wildman–Crippen MR) is 65.6 cm³/mol. The molecule has 0 aromatic carbocycles. The molecule has 0 saturated carbocycles. The molecular formula is C12H23N3O. The molecule has 4 nitrogen and oxygen atoms in total. The second kappa shape index (κ2) is 7.41. The largest absolute Gasteiger partial charge is 0.385 e. The second-order valence-electron chi connectivity index (χ2n) is 4.03. The summed E-state index contributed by atoms with van der Waals surface area (Å²) in [5, 5.41) is 7.63. The van der Waals surface area contributed by atoms with Crippen molar-refractivity contribution in [3.05, 3.63) is 18.0 Å². The lowest BCUT2D eigenvalue weighted by molar-refractivity contribution is 0.189. The Labute approximate surface area is 98.0 Å². The van der Waals surface area contributed by atoms with Gasteiger partial charge in [-0.15, -0.1) is 0 Å². The molecule has 1 unspecified atom stereocenters. The zero-order chi connectivity index (χ0) is 11.8. The minimum absolute atomic E-state index is 0.518. The predicted octanol–water partition coefficient (Wildman–Crippen LogP) is 1.46. The van der Waals surface area contributed by atoms with E-state index in [0.29, 0.717) is 6.04 Å². The van der Waals surface area contributed by atoms with E-state index in [9.17, 15) is 0 Å². The van der Waals surface area contributed by atoms with Gasteiger partial charge in [-0.2, -0.15) is 5.10 Å². The van der Waals surface area contributed by atoms with Crippen molar-refractivity contribution in [2.45, 2.75) is 38.8 Å². The van der Waals surface area contributed by atoms with E-state index in [2.05, 4.69) is 23.5 Å². The molecule has 1 aromatic rings. The lowest BCUT2D eigenvalue weighted by Gasteiger charge is -2.14. The molecular weight excluding hydrogens is 202 g/mol. The molecule has 1 aromatic heterocycles. The molecule has 0 aliphatic carbocycles. The molecule has 0 radical (unpaired) electrons. The number of methoxy groups -OCH3 is 1. The van der Waals surface area contributed by atoms with Crippen LogP contribution in [-0.2, 0) is 17.7 Å². The van der Waals surface area contributed by atoms with Gasteiger partial charge in [0.25, 0.3) is 0 Å². The minimum atomic E-state index is 0.518. The third-order valence-corrected chi connectivity index (χ3v) is 2.80. The van der Waals surface area contributed by atoms with E-state index in [1.807, 2.05) is 17.9 Å². The smallest absolute Gasteiger partial charge is 0.0522 e. The van der Waals surface area contributed by atoms with E-state index in [0.717, 1.165) is 32.4 Å². The topological polar surface area (TPSA) is 39.1 Å². The molecule has 0 bridgehead atoms. The molecule has 0 aliphatic rings. The van der Waals surface area contributed by atoms with Crippen LogP contribution in [0.5, 0.6) is 0 Å². The molecule has 1 heterocycles. The Bertz CT molecular complexity index is 286. The summed E-state index contributed by atoms with van der Waals surface area (Å²) in [5.74, 6) is 0. The number of aromatic nitrogens is 2. The van der Waals surface area contributed by atoms with Crippen LogP contribution in [-0.4, -0.2) is 36.6 Å². The van der Waals surface area contributed by atoms with Gasteiger partial charge in [-0.25, -0.2) is 0 Å². The molecule has 4 heteroatoms. The lowest BCUT2D eigenvalue weighted by Crippen LogP contribution is -2.27. The maximum Gasteiger partial charge on any atom is 0.0522 e. The van der Waals surface area contributed by atoms with E-state index in [1.165, 1.54) is 5.56 Å². The Hall–Kier alpha value is -0.870. The quantitative estimate of drug-likeness (QED) is 0.681. The molecule has 1 rings (SSSR count). The van der Waals surface area contributed by atoms with Crippen molar-refractivity contribution in [3.63, 3.8) is 0 Å².